The minimum absolute atomic E-state index is 0.989. The lowest BCUT2D eigenvalue weighted by atomic mass is 10.0. The lowest BCUT2D eigenvalue weighted by Gasteiger charge is -2.02. The number of rotatable bonds is 5. The molecule has 1 aromatic rings. The topological polar surface area (TPSA) is 0 Å². The quantitative estimate of drug-likeness (QED) is 0.505. The van der Waals surface area contributed by atoms with Crippen LogP contribution in [0.15, 0.2) is 60.7 Å². The molecule has 0 aliphatic carbocycles. The molecule has 0 amide bonds. The summed E-state index contributed by atoms with van der Waals surface area (Å²) in [7, 11) is 0. The van der Waals surface area contributed by atoms with E-state index < -0.39 is 0 Å². The largest absolute Gasteiger partial charge is 0.0987 e. The highest BCUT2D eigenvalue weighted by molar-refractivity contribution is 5.51. The monoisotopic (exact) mass is 250 g/mol. The van der Waals surface area contributed by atoms with Gasteiger partial charge in [-0.2, -0.15) is 0 Å². The summed E-state index contributed by atoms with van der Waals surface area (Å²) in [6.07, 6.45) is 6.80. The van der Waals surface area contributed by atoms with Crippen LogP contribution in [0.4, 0.5) is 0 Å². The molecular formula is C19H22. The lowest BCUT2D eigenvalue weighted by molar-refractivity contribution is 0.923. The van der Waals surface area contributed by atoms with Gasteiger partial charge in [0.15, 0.2) is 0 Å². The maximum absolute atomic E-state index is 3.86. The van der Waals surface area contributed by atoms with Gasteiger partial charge in [0.25, 0.3) is 0 Å². The first-order chi connectivity index (χ1) is 9.26. The first-order valence-corrected chi connectivity index (χ1v) is 6.84. The molecule has 0 nitrogen and oxygen atoms in total. The molecule has 0 heteroatoms. The highest BCUT2D eigenvalue weighted by Gasteiger charge is 1.98. The standard InChI is InChI=1S/C19H22/c1-5-11-16(6-2)18(8-4)14-15-19-13-10-9-12-17(19)7-3/h6,8-10,12-13H,2,4-5,7,11H2,1,3H3/b18-16-. The fraction of sp³-hybridized carbons (Fsp3) is 0.263. The zero-order chi connectivity index (χ0) is 14.1. The van der Waals surface area contributed by atoms with Crippen LogP contribution in [0.2, 0.25) is 0 Å². The van der Waals surface area contributed by atoms with Crippen molar-refractivity contribution in [3.63, 3.8) is 0 Å². The van der Waals surface area contributed by atoms with Crippen molar-refractivity contribution >= 4 is 0 Å². The van der Waals surface area contributed by atoms with Crippen molar-refractivity contribution in [2.45, 2.75) is 33.1 Å². The van der Waals surface area contributed by atoms with E-state index in [2.05, 4.69) is 57.0 Å². The molecular weight excluding hydrogens is 228 g/mol. The average molecular weight is 250 g/mol. The molecule has 98 valence electrons. The van der Waals surface area contributed by atoms with Crippen molar-refractivity contribution in [3.8, 4) is 11.8 Å². The Kier molecular flexibility index (Phi) is 6.47. The van der Waals surface area contributed by atoms with Crippen molar-refractivity contribution < 1.29 is 0 Å². The first kappa shape index (κ1) is 15.1. The fourth-order valence-electron chi connectivity index (χ4n) is 1.96. The van der Waals surface area contributed by atoms with Gasteiger partial charge in [0, 0.05) is 11.1 Å². The van der Waals surface area contributed by atoms with Crippen LogP contribution in [-0.4, -0.2) is 0 Å². The molecule has 0 unspecified atom stereocenters. The predicted molar refractivity (Wildman–Crippen MR) is 85.0 cm³/mol. The van der Waals surface area contributed by atoms with E-state index in [4.69, 9.17) is 0 Å². The van der Waals surface area contributed by atoms with Gasteiger partial charge in [0.2, 0.25) is 0 Å². The summed E-state index contributed by atoms with van der Waals surface area (Å²) in [5.74, 6) is 6.50. The molecule has 0 fully saturated rings. The third-order valence-corrected chi connectivity index (χ3v) is 3.05. The summed E-state index contributed by atoms with van der Waals surface area (Å²) < 4.78 is 0. The van der Waals surface area contributed by atoms with Crippen LogP contribution in [-0.2, 0) is 6.42 Å². The third kappa shape index (κ3) is 4.30. The second-order valence-corrected chi connectivity index (χ2v) is 4.36. The van der Waals surface area contributed by atoms with E-state index in [0.717, 1.165) is 30.4 Å². The van der Waals surface area contributed by atoms with Gasteiger partial charge in [-0.1, -0.05) is 75.6 Å². The summed E-state index contributed by atoms with van der Waals surface area (Å²) in [5, 5.41) is 0. The molecule has 0 bridgehead atoms. The van der Waals surface area contributed by atoms with Gasteiger partial charge in [-0.25, -0.2) is 0 Å². The minimum atomic E-state index is 0.989. The van der Waals surface area contributed by atoms with Gasteiger partial charge >= 0.3 is 0 Å². The zero-order valence-corrected chi connectivity index (χ0v) is 12.0. The van der Waals surface area contributed by atoms with Crippen LogP contribution in [0.3, 0.4) is 0 Å². The molecule has 0 N–H and O–H groups in total. The minimum Gasteiger partial charge on any atom is -0.0987 e. The van der Waals surface area contributed by atoms with E-state index in [1.165, 1.54) is 11.1 Å². The van der Waals surface area contributed by atoms with Crippen LogP contribution in [0.25, 0.3) is 0 Å². The Bertz CT molecular complexity index is 533. The highest BCUT2D eigenvalue weighted by Crippen LogP contribution is 2.14. The molecule has 0 saturated carbocycles. The van der Waals surface area contributed by atoms with Crippen LogP contribution >= 0.6 is 0 Å². The Labute approximate surface area is 117 Å². The van der Waals surface area contributed by atoms with Crippen LogP contribution < -0.4 is 0 Å². The summed E-state index contributed by atoms with van der Waals surface area (Å²) in [6.45, 7) is 12.0. The normalized spacial score (nSPS) is 11.1. The number of hydrogen-bond donors (Lipinski definition) is 0. The Morgan fingerprint density at radius 3 is 2.47 bits per heavy atom. The van der Waals surface area contributed by atoms with E-state index in [0.29, 0.717) is 0 Å². The molecule has 0 spiro atoms. The maximum atomic E-state index is 3.86. The highest BCUT2D eigenvalue weighted by atomic mass is 14.0. The first-order valence-electron chi connectivity index (χ1n) is 6.84. The second kappa shape index (κ2) is 8.16. The van der Waals surface area contributed by atoms with E-state index >= 15 is 0 Å². The van der Waals surface area contributed by atoms with Crippen LogP contribution in [0, 0.1) is 11.8 Å². The Morgan fingerprint density at radius 2 is 1.89 bits per heavy atom. The second-order valence-electron chi connectivity index (χ2n) is 4.36. The van der Waals surface area contributed by atoms with Gasteiger partial charge in [-0.15, -0.1) is 0 Å². The summed E-state index contributed by atoms with van der Waals surface area (Å²) >= 11 is 0. The predicted octanol–water partition coefficient (Wildman–Crippen LogP) is 5.07. The Hall–Kier alpha value is -2.00. The third-order valence-electron chi connectivity index (χ3n) is 3.05. The smallest absolute Gasteiger partial charge is 0.0280 e. The van der Waals surface area contributed by atoms with Crippen LogP contribution in [0.5, 0.6) is 0 Å². The van der Waals surface area contributed by atoms with E-state index in [-0.39, 0.29) is 0 Å². The number of benzene rings is 1. The molecule has 0 aliphatic heterocycles. The summed E-state index contributed by atoms with van der Waals surface area (Å²) in [4.78, 5) is 0. The Morgan fingerprint density at radius 1 is 1.16 bits per heavy atom. The Balaban J connectivity index is 3.15. The van der Waals surface area contributed by atoms with Crippen molar-refractivity contribution in [2.75, 3.05) is 0 Å². The van der Waals surface area contributed by atoms with Gasteiger partial charge in [0.05, 0.1) is 0 Å². The number of aryl methyl sites for hydroxylation is 1. The molecule has 0 heterocycles. The van der Waals surface area contributed by atoms with Crippen molar-refractivity contribution in [1.29, 1.82) is 0 Å². The molecule has 19 heavy (non-hydrogen) atoms. The van der Waals surface area contributed by atoms with E-state index in [1.54, 1.807) is 0 Å². The maximum Gasteiger partial charge on any atom is 0.0280 e. The van der Waals surface area contributed by atoms with Crippen molar-refractivity contribution in [3.05, 3.63) is 71.8 Å². The SMILES string of the molecule is C=C/C(C#Cc1ccccc1CC)=C(\C=C)CCC. The van der Waals surface area contributed by atoms with Crippen LogP contribution in [0.1, 0.15) is 37.8 Å². The summed E-state index contributed by atoms with van der Waals surface area (Å²) in [5.41, 5.74) is 4.56. The van der Waals surface area contributed by atoms with E-state index in [9.17, 15) is 0 Å². The number of allylic oxidation sites excluding steroid dienone is 4. The lowest BCUT2D eigenvalue weighted by Crippen LogP contribution is -1.88. The zero-order valence-electron chi connectivity index (χ0n) is 12.0. The van der Waals surface area contributed by atoms with Crippen molar-refractivity contribution in [2.24, 2.45) is 0 Å². The van der Waals surface area contributed by atoms with Crippen molar-refractivity contribution in [1.82, 2.24) is 0 Å². The molecule has 0 saturated heterocycles. The molecule has 0 radical (unpaired) electrons. The van der Waals surface area contributed by atoms with Gasteiger partial charge in [-0.05, 0) is 30.0 Å². The van der Waals surface area contributed by atoms with Gasteiger partial charge < -0.3 is 0 Å². The average Bonchev–Trinajstić information content (AvgIpc) is 2.46. The molecule has 1 aromatic carbocycles. The van der Waals surface area contributed by atoms with Gasteiger partial charge in [0.1, 0.15) is 0 Å². The summed E-state index contributed by atoms with van der Waals surface area (Å²) in [6, 6.07) is 8.28. The molecule has 0 atom stereocenters. The van der Waals surface area contributed by atoms with Gasteiger partial charge in [-0.3, -0.25) is 0 Å². The van der Waals surface area contributed by atoms with E-state index in [1.807, 2.05) is 18.2 Å². The molecule has 1 rings (SSSR count). The molecule has 0 aromatic heterocycles. The number of hydrogen-bond acceptors (Lipinski definition) is 0. The fourth-order valence-corrected chi connectivity index (χ4v) is 1.96. The molecule has 0 aliphatic rings.